The fraction of sp³-hybridized carbons (Fsp3) is 0.0588. The first-order chi connectivity index (χ1) is 12.0. The molecule has 2 N–H and O–H groups in total. The van der Waals surface area contributed by atoms with Crippen LogP contribution in [0.25, 0.3) is 0 Å². The highest BCUT2D eigenvalue weighted by molar-refractivity contribution is 7.94. The van der Waals surface area contributed by atoms with Gasteiger partial charge in [-0.05, 0) is 60.7 Å². The lowest BCUT2D eigenvalue weighted by molar-refractivity contribution is 0.415. The Bertz CT molecular complexity index is 952. The van der Waals surface area contributed by atoms with E-state index in [2.05, 4.69) is 10.0 Å². The van der Waals surface area contributed by atoms with Gasteiger partial charge in [0.05, 0.1) is 11.4 Å². The van der Waals surface area contributed by atoms with Gasteiger partial charge in [0.25, 0.3) is 10.0 Å². The molecule has 2 aromatic carbocycles. The first kappa shape index (κ1) is 17.6. The number of ether oxygens (including phenoxy) is 1. The van der Waals surface area contributed by atoms with E-state index in [1.165, 1.54) is 6.07 Å². The number of hydrogen-bond acceptors (Lipinski definition) is 5. The van der Waals surface area contributed by atoms with Crippen molar-refractivity contribution in [2.45, 2.75) is 4.21 Å². The summed E-state index contributed by atoms with van der Waals surface area (Å²) in [6.07, 6.45) is 0. The molecular formula is C17H15ClN2O3S2. The Morgan fingerprint density at radius 2 is 1.44 bits per heavy atom. The van der Waals surface area contributed by atoms with Crippen LogP contribution in [-0.4, -0.2) is 15.5 Å². The van der Waals surface area contributed by atoms with Crippen LogP contribution in [-0.2, 0) is 10.0 Å². The van der Waals surface area contributed by atoms with Crippen molar-refractivity contribution < 1.29 is 13.2 Å². The second-order valence-corrected chi connectivity index (χ2v) is 8.72. The standard InChI is InChI=1S/C17H15ClN2O3S2/c1-23-15-8-6-13(7-9-15)19-12-2-4-14(5-3-12)20-25(21,22)17-11-10-16(18)24-17/h2-11,19-20H,1H3. The van der Waals surface area contributed by atoms with Crippen molar-refractivity contribution in [3.8, 4) is 5.75 Å². The van der Waals surface area contributed by atoms with Gasteiger partial charge >= 0.3 is 0 Å². The maximum atomic E-state index is 12.3. The zero-order chi connectivity index (χ0) is 17.9. The zero-order valence-electron chi connectivity index (χ0n) is 13.2. The number of benzene rings is 2. The third kappa shape index (κ3) is 4.45. The zero-order valence-corrected chi connectivity index (χ0v) is 15.6. The van der Waals surface area contributed by atoms with Gasteiger partial charge in [0.15, 0.2) is 0 Å². The van der Waals surface area contributed by atoms with Crippen molar-refractivity contribution >= 4 is 50.0 Å². The molecule has 8 heteroatoms. The topological polar surface area (TPSA) is 67.4 Å². The molecule has 0 atom stereocenters. The predicted octanol–water partition coefficient (Wildman–Crippen LogP) is 4.95. The monoisotopic (exact) mass is 394 g/mol. The molecule has 0 saturated carbocycles. The van der Waals surface area contributed by atoms with Gasteiger partial charge in [0.1, 0.15) is 9.96 Å². The first-order valence-electron chi connectivity index (χ1n) is 7.25. The van der Waals surface area contributed by atoms with Gasteiger partial charge in [-0.25, -0.2) is 8.42 Å². The molecule has 0 aliphatic carbocycles. The van der Waals surface area contributed by atoms with Crippen molar-refractivity contribution in [3.05, 3.63) is 65.0 Å². The van der Waals surface area contributed by atoms with Gasteiger partial charge in [-0.1, -0.05) is 11.6 Å². The molecule has 0 amide bonds. The fourth-order valence-electron chi connectivity index (χ4n) is 2.11. The minimum absolute atomic E-state index is 0.179. The van der Waals surface area contributed by atoms with Crippen molar-refractivity contribution in [3.63, 3.8) is 0 Å². The van der Waals surface area contributed by atoms with E-state index in [0.29, 0.717) is 10.0 Å². The summed E-state index contributed by atoms with van der Waals surface area (Å²) in [5.41, 5.74) is 2.22. The fourth-order valence-corrected chi connectivity index (χ4v) is 4.65. The van der Waals surface area contributed by atoms with Gasteiger partial charge in [-0.2, -0.15) is 0 Å². The Morgan fingerprint density at radius 1 is 0.880 bits per heavy atom. The smallest absolute Gasteiger partial charge is 0.271 e. The van der Waals surface area contributed by atoms with E-state index < -0.39 is 10.0 Å². The van der Waals surface area contributed by atoms with E-state index in [0.717, 1.165) is 28.5 Å². The highest BCUT2D eigenvalue weighted by Crippen LogP contribution is 2.28. The van der Waals surface area contributed by atoms with Crippen molar-refractivity contribution in [2.24, 2.45) is 0 Å². The van der Waals surface area contributed by atoms with E-state index in [9.17, 15) is 8.42 Å². The molecule has 0 fully saturated rings. The largest absolute Gasteiger partial charge is 0.497 e. The third-order valence-electron chi connectivity index (χ3n) is 3.33. The lowest BCUT2D eigenvalue weighted by Crippen LogP contribution is -2.11. The van der Waals surface area contributed by atoms with Gasteiger partial charge in [0, 0.05) is 17.1 Å². The molecule has 0 aliphatic rings. The molecule has 3 aromatic rings. The van der Waals surface area contributed by atoms with Gasteiger partial charge in [-0.3, -0.25) is 4.72 Å². The minimum atomic E-state index is -3.62. The van der Waals surface area contributed by atoms with E-state index >= 15 is 0 Å². The molecule has 130 valence electrons. The molecule has 1 heterocycles. The average molecular weight is 395 g/mol. The Labute approximate surface area is 155 Å². The van der Waals surface area contributed by atoms with Crippen molar-refractivity contribution in [1.82, 2.24) is 0 Å². The summed E-state index contributed by atoms with van der Waals surface area (Å²) >= 11 is 6.81. The molecule has 5 nitrogen and oxygen atoms in total. The first-order valence-corrected chi connectivity index (χ1v) is 9.93. The normalized spacial score (nSPS) is 11.1. The quantitative estimate of drug-likeness (QED) is 0.620. The summed E-state index contributed by atoms with van der Waals surface area (Å²) in [5, 5.41) is 3.23. The van der Waals surface area contributed by atoms with Gasteiger partial charge in [0.2, 0.25) is 0 Å². The van der Waals surface area contributed by atoms with E-state index in [4.69, 9.17) is 16.3 Å². The van der Waals surface area contributed by atoms with Crippen LogP contribution in [0.4, 0.5) is 17.1 Å². The molecule has 0 saturated heterocycles. The maximum absolute atomic E-state index is 12.3. The lowest BCUT2D eigenvalue weighted by atomic mass is 10.2. The SMILES string of the molecule is COc1ccc(Nc2ccc(NS(=O)(=O)c3ccc(Cl)s3)cc2)cc1. The van der Waals surface area contributed by atoms with E-state index in [1.807, 2.05) is 24.3 Å². The number of nitrogens with one attached hydrogen (secondary N) is 2. The number of thiophene rings is 1. The average Bonchev–Trinajstić information content (AvgIpc) is 3.05. The minimum Gasteiger partial charge on any atom is -0.497 e. The van der Waals surface area contributed by atoms with Crippen LogP contribution in [0.3, 0.4) is 0 Å². The summed E-state index contributed by atoms with van der Waals surface area (Å²) in [4.78, 5) is 0. The number of rotatable bonds is 6. The molecule has 1 aromatic heterocycles. The molecule has 0 radical (unpaired) electrons. The molecule has 3 rings (SSSR count). The van der Waals surface area contributed by atoms with Crippen molar-refractivity contribution in [2.75, 3.05) is 17.1 Å². The van der Waals surface area contributed by atoms with Crippen LogP contribution in [0.5, 0.6) is 5.75 Å². The number of methoxy groups -OCH3 is 1. The van der Waals surface area contributed by atoms with Gasteiger partial charge < -0.3 is 10.1 Å². The maximum Gasteiger partial charge on any atom is 0.271 e. The highest BCUT2D eigenvalue weighted by Gasteiger charge is 2.16. The molecule has 0 unspecified atom stereocenters. The second-order valence-electron chi connectivity index (χ2n) is 5.09. The summed E-state index contributed by atoms with van der Waals surface area (Å²) < 4.78 is 32.8. The molecule has 0 bridgehead atoms. The number of halogens is 1. The predicted molar refractivity (Wildman–Crippen MR) is 103 cm³/mol. The van der Waals surface area contributed by atoms with Crippen LogP contribution < -0.4 is 14.8 Å². The van der Waals surface area contributed by atoms with Crippen molar-refractivity contribution in [1.29, 1.82) is 0 Å². The van der Waals surface area contributed by atoms with Crippen LogP contribution in [0.1, 0.15) is 0 Å². The lowest BCUT2D eigenvalue weighted by Gasteiger charge is -2.10. The molecule has 25 heavy (non-hydrogen) atoms. The highest BCUT2D eigenvalue weighted by atomic mass is 35.5. The van der Waals surface area contributed by atoms with Crippen LogP contribution in [0.15, 0.2) is 64.9 Å². The molecular weight excluding hydrogens is 380 g/mol. The number of anilines is 3. The Hall–Kier alpha value is -2.22. The second kappa shape index (κ2) is 7.35. The summed E-state index contributed by atoms with van der Waals surface area (Å²) in [6.45, 7) is 0. The molecule has 0 aliphatic heterocycles. The van der Waals surface area contributed by atoms with Gasteiger partial charge in [-0.15, -0.1) is 11.3 Å². The van der Waals surface area contributed by atoms with E-state index in [-0.39, 0.29) is 4.21 Å². The molecule has 0 spiro atoms. The Kier molecular flexibility index (Phi) is 5.17. The number of hydrogen-bond donors (Lipinski definition) is 2. The number of sulfonamides is 1. The third-order valence-corrected chi connectivity index (χ3v) is 6.43. The van der Waals surface area contributed by atoms with E-state index in [1.54, 1.807) is 37.4 Å². The summed E-state index contributed by atoms with van der Waals surface area (Å²) in [7, 11) is -2.00. The Balaban J connectivity index is 1.69. The van der Waals surface area contributed by atoms with Crippen LogP contribution >= 0.6 is 22.9 Å². The van der Waals surface area contributed by atoms with Crippen LogP contribution in [0.2, 0.25) is 4.34 Å². The Morgan fingerprint density at radius 3 is 1.96 bits per heavy atom. The van der Waals surface area contributed by atoms with Crippen LogP contribution in [0, 0.1) is 0 Å². The summed E-state index contributed by atoms with van der Waals surface area (Å²) in [6, 6.07) is 17.5. The summed E-state index contributed by atoms with van der Waals surface area (Å²) in [5.74, 6) is 0.781.